The zero-order valence-electron chi connectivity index (χ0n) is 20.6. The summed E-state index contributed by atoms with van der Waals surface area (Å²) < 4.78 is 0. The third kappa shape index (κ3) is 8.80. The Morgan fingerprint density at radius 1 is 1.09 bits per heavy atom. The van der Waals surface area contributed by atoms with Crippen molar-refractivity contribution in [2.75, 3.05) is 59.4 Å². The minimum absolute atomic E-state index is 0. The van der Waals surface area contributed by atoms with Crippen LogP contribution in [0.3, 0.4) is 0 Å². The molecule has 1 aromatic carbocycles. The van der Waals surface area contributed by atoms with Gasteiger partial charge in [-0.3, -0.25) is 9.89 Å². The van der Waals surface area contributed by atoms with Crippen LogP contribution in [-0.2, 0) is 6.54 Å². The van der Waals surface area contributed by atoms with Crippen molar-refractivity contribution in [1.29, 1.82) is 0 Å². The molecule has 2 aliphatic heterocycles. The highest BCUT2D eigenvalue weighted by Crippen LogP contribution is 2.20. The number of piperazine rings is 1. The van der Waals surface area contributed by atoms with Gasteiger partial charge in [0.25, 0.3) is 0 Å². The predicted octanol–water partition coefficient (Wildman–Crippen LogP) is 3.10. The fourth-order valence-corrected chi connectivity index (χ4v) is 4.86. The molecule has 0 bridgehead atoms. The summed E-state index contributed by atoms with van der Waals surface area (Å²) >= 11 is 0. The number of hydrogen-bond acceptors (Lipinski definition) is 4. The SMILES string of the molecule is CCN1CCN(CC(C)CNC(=NC)NC2CCN(Cc3ccccc3)C(C)C2)CC1.I. The average Bonchev–Trinajstić information content (AvgIpc) is 2.79. The molecule has 7 heteroatoms. The minimum Gasteiger partial charge on any atom is -0.356 e. The first-order valence-corrected chi connectivity index (χ1v) is 12.3. The van der Waals surface area contributed by atoms with E-state index in [-0.39, 0.29) is 24.0 Å². The van der Waals surface area contributed by atoms with Gasteiger partial charge in [-0.2, -0.15) is 0 Å². The Hall–Kier alpha value is -0.900. The molecule has 3 rings (SSSR count). The molecule has 3 atom stereocenters. The summed E-state index contributed by atoms with van der Waals surface area (Å²) in [7, 11) is 1.89. The van der Waals surface area contributed by atoms with Crippen LogP contribution in [0.15, 0.2) is 35.3 Å². The van der Waals surface area contributed by atoms with Crippen LogP contribution in [0, 0.1) is 5.92 Å². The zero-order valence-corrected chi connectivity index (χ0v) is 22.9. The number of aliphatic imine (C=N–C) groups is 1. The number of piperidine rings is 1. The lowest BCUT2D eigenvalue weighted by Gasteiger charge is -2.38. The maximum atomic E-state index is 4.49. The fraction of sp³-hybridized carbons (Fsp3) is 0.720. The summed E-state index contributed by atoms with van der Waals surface area (Å²) in [5, 5.41) is 7.26. The highest BCUT2D eigenvalue weighted by atomic mass is 127. The van der Waals surface area contributed by atoms with Crippen molar-refractivity contribution in [3.05, 3.63) is 35.9 Å². The first kappa shape index (κ1) is 27.3. The van der Waals surface area contributed by atoms with Gasteiger partial charge >= 0.3 is 0 Å². The van der Waals surface area contributed by atoms with Crippen molar-refractivity contribution in [3.8, 4) is 0 Å². The molecule has 32 heavy (non-hydrogen) atoms. The van der Waals surface area contributed by atoms with Gasteiger partial charge in [0.05, 0.1) is 0 Å². The molecule has 0 aliphatic carbocycles. The molecule has 6 nitrogen and oxygen atoms in total. The number of hydrogen-bond donors (Lipinski definition) is 2. The molecular weight excluding hydrogens is 511 g/mol. The Kier molecular flexibility index (Phi) is 12.3. The van der Waals surface area contributed by atoms with Crippen molar-refractivity contribution >= 4 is 29.9 Å². The molecule has 0 amide bonds. The van der Waals surface area contributed by atoms with Crippen molar-refractivity contribution in [3.63, 3.8) is 0 Å². The van der Waals surface area contributed by atoms with E-state index in [0.717, 1.165) is 45.0 Å². The van der Waals surface area contributed by atoms with Gasteiger partial charge < -0.3 is 20.4 Å². The largest absolute Gasteiger partial charge is 0.356 e. The number of rotatable bonds is 8. The Morgan fingerprint density at radius 2 is 1.78 bits per heavy atom. The van der Waals surface area contributed by atoms with Gasteiger partial charge in [-0.15, -0.1) is 24.0 Å². The van der Waals surface area contributed by atoms with E-state index in [4.69, 9.17) is 0 Å². The number of guanidine groups is 1. The van der Waals surface area contributed by atoms with Crippen LogP contribution in [0.5, 0.6) is 0 Å². The first-order valence-electron chi connectivity index (χ1n) is 12.3. The van der Waals surface area contributed by atoms with Crippen LogP contribution in [-0.4, -0.2) is 92.1 Å². The second-order valence-electron chi connectivity index (χ2n) is 9.46. The van der Waals surface area contributed by atoms with Gasteiger partial charge in [0.1, 0.15) is 0 Å². The van der Waals surface area contributed by atoms with E-state index < -0.39 is 0 Å². The van der Waals surface area contributed by atoms with Crippen molar-refractivity contribution < 1.29 is 0 Å². The number of benzene rings is 1. The van der Waals surface area contributed by atoms with E-state index in [0.29, 0.717) is 18.0 Å². The summed E-state index contributed by atoms with van der Waals surface area (Å²) in [4.78, 5) is 12.2. The second-order valence-corrected chi connectivity index (χ2v) is 9.46. The molecule has 1 aromatic rings. The van der Waals surface area contributed by atoms with Gasteiger partial charge in [-0.25, -0.2) is 0 Å². The van der Waals surface area contributed by atoms with E-state index in [1.54, 1.807) is 0 Å². The summed E-state index contributed by atoms with van der Waals surface area (Å²) in [6.07, 6.45) is 2.32. The van der Waals surface area contributed by atoms with Crippen LogP contribution in [0.1, 0.15) is 39.2 Å². The normalized spacial score (nSPS) is 24.6. The highest BCUT2D eigenvalue weighted by molar-refractivity contribution is 14.0. The smallest absolute Gasteiger partial charge is 0.191 e. The first-order chi connectivity index (χ1) is 15.1. The van der Waals surface area contributed by atoms with Gasteiger partial charge in [0, 0.05) is 71.5 Å². The third-order valence-electron chi connectivity index (χ3n) is 6.91. The van der Waals surface area contributed by atoms with Gasteiger partial charge in [-0.05, 0) is 37.8 Å². The second kappa shape index (κ2) is 14.4. The molecule has 0 spiro atoms. The van der Waals surface area contributed by atoms with Gasteiger partial charge in [0.15, 0.2) is 5.96 Å². The molecular formula is C25H45IN6. The summed E-state index contributed by atoms with van der Waals surface area (Å²) in [6, 6.07) is 11.9. The van der Waals surface area contributed by atoms with Crippen molar-refractivity contribution in [1.82, 2.24) is 25.3 Å². The van der Waals surface area contributed by atoms with Crippen LogP contribution < -0.4 is 10.6 Å². The van der Waals surface area contributed by atoms with Crippen LogP contribution in [0.25, 0.3) is 0 Å². The minimum atomic E-state index is 0. The van der Waals surface area contributed by atoms with E-state index >= 15 is 0 Å². The lowest BCUT2D eigenvalue weighted by Crippen LogP contribution is -2.52. The Bertz CT molecular complexity index is 662. The summed E-state index contributed by atoms with van der Waals surface area (Å²) in [5.41, 5.74) is 1.41. The lowest BCUT2D eigenvalue weighted by molar-refractivity contribution is 0.124. The topological polar surface area (TPSA) is 46.1 Å². The van der Waals surface area contributed by atoms with Crippen LogP contribution in [0.2, 0.25) is 0 Å². The molecule has 182 valence electrons. The number of nitrogens with zero attached hydrogens (tertiary/aromatic N) is 4. The fourth-order valence-electron chi connectivity index (χ4n) is 4.86. The average molecular weight is 557 g/mol. The molecule has 0 saturated carbocycles. The van der Waals surface area contributed by atoms with Gasteiger partial charge in [-0.1, -0.05) is 44.2 Å². The molecule has 0 radical (unpaired) electrons. The van der Waals surface area contributed by atoms with E-state index in [9.17, 15) is 0 Å². The maximum absolute atomic E-state index is 4.49. The third-order valence-corrected chi connectivity index (χ3v) is 6.91. The van der Waals surface area contributed by atoms with Crippen LogP contribution in [0.4, 0.5) is 0 Å². The van der Waals surface area contributed by atoms with Crippen molar-refractivity contribution in [2.24, 2.45) is 10.9 Å². The molecule has 0 aromatic heterocycles. The monoisotopic (exact) mass is 556 g/mol. The molecule has 3 unspecified atom stereocenters. The van der Waals surface area contributed by atoms with Gasteiger partial charge in [0.2, 0.25) is 0 Å². The summed E-state index contributed by atoms with van der Waals surface area (Å²) in [5.74, 6) is 1.56. The number of nitrogens with one attached hydrogen (secondary N) is 2. The Labute approximate surface area is 213 Å². The van der Waals surface area contributed by atoms with E-state index in [2.05, 4.69) is 81.4 Å². The van der Waals surface area contributed by atoms with E-state index in [1.807, 2.05) is 7.05 Å². The maximum Gasteiger partial charge on any atom is 0.191 e. The Morgan fingerprint density at radius 3 is 2.41 bits per heavy atom. The molecule has 2 fully saturated rings. The summed E-state index contributed by atoms with van der Waals surface area (Å²) in [6.45, 7) is 17.3. The number of likely N-dealkylation sites (tertiary alicyclic amines) is 1. The zero-order chi connectivity index (χ0) is 22.1. The molecule has 2 N–H and O–H groups in total. The Balaban J connectivity index is 0.00000363. The molecule has 2 saturated heterocycles. The number of likely N-dealkylation sites (N-methyl/N-ethyl adjacent to an activating group) is 1. The van der Waals surface area contributed by atoms with Crippen LogP contribution >= 0.6 is 24.0 Å². The number of halogens is 1. The van der Waals surface area contributed by atoms with Crippen molar-refractivity contribution in [2.45, 2.75) is 52.2 Å². The quantitative estimate of drug-likeness (QED) is 0.293. The van der Waals surface area contributed by atoms with E-state index in [1.165, 1.54) is 38.3 Å². The lowest BCUT2D eigenvalue weighted by atomic mass is 9.97. The highest BCUT2D eigenvalue weighted by Gasteiger charge is 2.26. The molecule has 2 heterocycles. The standard InChI is InChI=1S/C25H44N6.HI/c1-5-29-13-15-30(16-14-29)19-21(2)18-27-25(26-4)28-24-11-12-31(22(3)17-24)20-23-9-7-6-8-10-23;/h6-10,21-22,24H,5,11-20H2,1-4H3,(H2,26,27,28);1H. The predicted molar refractivity (Wildman–Crippen MR) is 147 cm³/mol. The molecule has 2 aliphatic rings.